The zero-order valence-corrected chi connectivity index (χ0v) is 12.1. The van der Waals surface area contributed by atoms with E-state index in [1.165, 1.54) is 19.3 Å². The lowest BCUT2D eigenvalue weighted by Crippen LogP contribution is -2.52. The topological polar surface area (TPSA) is 109 Å². The monoisotopic (exact) mass is 296 g/mol. The molecule has 0 aromatic carbocycles. The van der Waals surface area contributed by atoms with E-state index in [0.29, 0.717) is 12.8 Å². The molecule has 1 heterocycles. The van der Waals surface area contributed by atoms with Crippen molar-refractivity contribution in [3.8, 4) is 0 Å². The van der Waals surface area contributed by atoms with Gasteiger partial charge in [-0.25, -0.2) is 4.79 Å². The molecule has 0 bridgehead atoms. The molecule has 0 fully saturated rings. The van der Waals surface area contributed by atoms with Crippen LogP contribution in [0.15, 0.2) is 22.8 Å². The van der Waals surface area contributed by atoms with Crippen LogP contribution in [0.2, 0.25) is 0 Å². The van der Waals surface area contributed by atoms with Gasteiger partial charge in [0.25, 0.3) is 5.91 Å². The lowest BCUT2D eigenvalue weighted by atomic mass is 9.96. The lowest BCUT2D eigenvalue weighted by Gasteiger charge is -2.25. The van der Waals surface area contributed by atoms with Gasteiger partial charge in [-0.3, -0.25) is 9.59 Å². The number of carbonyl (C=O) groups is 3. The number of nitrogens with one attached hydrogen (secondary N) is 2. The summed E-state index contributed by atoms with van der Waals surface area (Å²) >= 11 is 0. The Bertz CT molecular complexity index is 497. The number of hydrogen-bond donors (Lipinski definition) is 3. The van der Waals surface area contributed by atoms with E-state index in [1.54, 1.807) is 6.07 Å². The van der Waals surface area contributed by atoms with Gasteiger partial charge >= 0.3 is 5.97 Å². The van der Waals surface area contributed by atoms with Gasteiger partial charge in [0, 0.05) is 13.0 Å². The SMILES string of the molecule is CCCC(C)(NC(=O)CCNC(=O)c1ccco1)C(=O)O. The molecule has 0 aliphatic heterocycles. The van der Waals surface area contributed by atoms with Gasteiger partial charge in [0.2, 0.25) is 5.91 Å². The number of carbonyl (C=O) groups excluding carboxylic acids is 2. The molecule has 3 N–H and O–H groups in total. The van der Waals surface area contributed by atoms with E-state index in [2.05, 4.69) is 10.6 Å². The number of aliphatic carboxylic acids is 1. The van der Waals surface area contributed by atoms with Gasteiger partial charge in [0.1, 0.15) is 5.54 Å². The third kappa shape index (κ3) is 4.94. The molecule has 0 saturated carbocycles. The molecule has 0 aliphatic rings. The van der Waals surface area contributed by atoms with Gasteiger partial charge in [-0.05, 0) is 25.5 Å². The summed E-state index contributed by atoms with van der Waals surface area (Å²) in [5.74, 6) is -1.75. The number of hydrogen-bond acceptors (Lipinski definition) is 4. The zero-order valence-electron chi connectivity index (χ0n) is 12.1. The first-order chi connectivity index (χ1) is 9.89. The number of rotatable bonds is 8. The molecule has 0 saturated heterocycles. The molecule has 0 aliphatic carbocycles. The summed E-state index contributed by atoms with van der Waals surface area (Å²) in [6.45, 7) is 3.42. The van der Waals surface area contributed by atoms with Gasteiger partial charge in [0.05, 0.1) is 6.26 Å². The van der Waals surface area contributed by atoms with E-state index in [4.69, 9.17) is 9.52 Å². The van der Waals surface area contributed by atoms with Crippen molar-refractivity contribution in [2.75, 3.05) is 6.54 Å². The van der Waals surface area contributed by atoms with Crippen LogP contribution in [0.25, 0.3) is 0 Å². The molecule has 0 radical (unpaired) electrons. The molecule has 1 unspecified atom stereocenters. The first-order valence-electron chi connectivity index (χ1n) is 6.75. The fourth-order valence-corrected chi connectivity index (χ4v) is 1.88. The predicted molar refractivity (Wildman–Crippen MR) is 74.7 cm³/mol. The minimum atomic E-state index is -1.28. The normalized spacial score (nSPS) is 13.2. The summed E-state index contributed by atoms with van der Waals surface area (Å²) in [7, 11) is 0. The van der Waals surface area contributed by atoms with E-state index in [0.717, 1.165) is 0 Å². The number of carboxylic acid groups (broad SMARTS) is 1. The second kappa shape index (κ2) is 7.47. The number of carboxylic acids is 1. The van der Waals surface area contributed by atoms with Crippen molar-refractivity contribution in [1.82, 2.24) is 10.6 Å². The molecule has 1 rings (SSSR count). The minimum absolute atomic E-state index is 0.000959. The number of furan rings is 1. The highest BCUT2D eigenvalue weighted by molar-refractivity contribution is 5.92. The summed E-state index contributed by atoms with van der Waals surface area (Å²) in [4.78, 5) is 34.5. The van der Waals surface area contributed by atoms with Gasteiger partial charge < -0.3 is 20.2 Å². The Labute approximate surface area is 122 Å². The van der Waals surface area contributed by atoms with Gasteiger partial charge in [0.15, 0.2) is 5.76 Å². The first-order valence-corrected chi connectivity index (χ1v) is 6.75. The van der Waals surface area contributed by atoms with E-state index >= 15 is 0 Å². The molecule has 2 amide bonds. The average Bonchev–Trinajstić information content (AvgIpc) is 2.92. The van der Waals surface area contributed by atoms with Crippen molar-refractivity contribution in [2.24, 2.45) is 0 Å². The summed E-state index contributed by atoms with van der Waals surface area (Å²) in [5.41, 5.74) is -1.28. The van der Waals surface area contributed by atoms with Crippen LogP contribution in [0, 0.1) is 0 Å². The van der Waals surface area contributed by atoms with Crippen molar-refractivity contribution in [3.05, 3.63) is 24.2 Å². The van der Waals surface area contributed by atoms with Crippen LogP contribution < -0.4 is 10.6 Å². The third-order valence-corrected chi connectivity index (χ3v) is 3.02. The first kappa shape index (κ1) is 16.7. The van der Waals surface area contributed by atoms with Crippen LogP contribution in [0.4, 0.5) is 0 Å². The maximum absolute atomic E-state index is 11.8. The highest BCUT2D eigenvalue weighted by Gasteiger charge is 2.33. The van der Waals surface area contributed by atoms with Crippen molar-refractivity contribution >= 4 is 17.8 Å². The van der Waals surface area contributed by atoms with E-state index in [9.17, 15) is 14.4 Å². The van der Waals surface area contributed by atoms with Crippen molar-refractivity contribution in [3.63, 3.8) is 0 Å². The summed E-state index contributed by atoms with van der Waals surface area (Å²) in [6.07, 6.45) is 2.36. The Balaban J connectivity index is 2.40. The highest BCUT2D eigenvalue weighted by atomic mass is 16.4. The van der Waals surface area contributed by atoms with Crippen molar-refractivity contribution in [1.29, 1.82) is 0 Å². The van der Waals surface area contributed by atoms with Crippen LogP contribution in [-0.2, 0) is 9.59 Å². The Kier molecular flexibility index (Phi) is 5.95. The summed E-state index contributed by atoms with van der Waals surface area (Å²) in [6, 6.07) is 3.10. The highest BCUT2D eigenvalue weighted by Crippen LogP contribution is 2.12. The maximum Gasteiger partial charge on any atom is 0.329 e. The van der Waals surface area contributed by atoms with Gasteiger partial charge in [-0.2, -0.15) is 0 Å². The average molecular weight is 296 g/mol. The summed E-state index contributed by atoms with van der Waals surface area (Å²) < 4.78 is 4.91. The van der Waals surface area contributed by atoms with Gasteiger partial charge in [-0.1, -0.05) is 13.3 Å². The Morgan fingerprint density at radius 3 is 2.62 bits per heavy atom. The number of amides is 2. The lowest BCUT2D eigenvalue weighted by molar-refractivity contribution is -0.147. The van der Waals surface area contributed by atoms with E-state index in [-0.39, 0.29) is 18.7 Å². The van der Waals surface area contributed by atoms with Crippen LogP contribution in [0.5, 0.6) is 0 Å². The van der Waals surface area contributed by atoms with Crippen LogP contribution in [-0.4, -0.2) is 35.0 Å². The van der Waals surface area contributed by atoms with Crippen LogP contribution in [0.1, 0.15) is 43.7 Å². The standard InChI is InChI=1S/C14H20N2O5/c1-3-7-14(2,13(19)20)16-11(17)6-8-15-12(18)10-5-4-9-21-10/h4-5,9H,3,6-8H2,1-2H3,(H,15,18)(H,16,17)(H,19,20). The largest absolute Gasteiger partial charge is 0.480 e. The zero-order chi connectivity index (χ0) is 15.9. The van der Waals surface area contributed by atoms with E-state index < -0.39 is 23.3 Å². The molecule has 7 heteroatoms. The predicted octanol–water partition coefficient (Wildman–Crippen LogP) is 1.16. The fourth-order valence-electron chi connectivity index (χ4n) is 1.88. The fraction of sp³-hybridized carbons (Fsp3) is 0.500. The molecule has 0 spiro atoms. The second-order valence-electron chi connectivity index (χ2n) is 4.92. The molecule has 1 aromatic heterocycles. The molecular weight excluding hydrogens is 276 g/mol. The van der Waals surface area contributed by atoms with Crippen LogP contribution >= 0.6 is 0 Å². The quantitative estimate of drug-likeness (QED) is 0.667. The molecule has 1 atom stereocenters. The third-order valence-electron chi connectivity index (χ3n) is 3.02. The molecule has 116 valence electrons. The minimum Gasteiger partial charge on any atom is -0.480 e. The van der Waals surface area contributed by atoms with E-state index in [1.807, 2.05) is 6.92 Å². The Morgan fingerprint density at radius 2 is 2.10 bits per heavy atom. The summed E-state index contributed by atoms with van der Waals surface area (Å²) in [5, 5.41) is 14.2. The van der Waals surface area contributed by atoms with Crippen LogP contribution in [0.3, 0.4) is 0 Å². The van der Waals surface area contributed by atoms with Crippen molar-refractivity contribution < 1.29 is 23.9 Å². The smallest absolute Gasteiger partial charge is 0.329 e. The Hall–Kier alpha value is -2.31. The Morgan fingerprint density at radius 1 is 1.38 bits per heavy atom. The molecule has 1 aromatic rings. The molecular formula is C14H20N2O5. The van der Waals surface area contributed by atoms with Gasteiger partial charge in [-0.15, -0.1) is 0 Å². The molecule has 21 heavy (non-hydrogen) atoms. The van der Waals surface area contributed by atoms with Crippen molar-refractivity contribution in [2.45, 2.75) is 38.6 Å². The maximum atomic E-state index is 11.8. The second-order valence-corrected chi connectivity index (χ2v) is 4.92. The molecule has 7 nitrogen and oxygen atoms in total.